The number of hydrogen-bond donors (Lipinski definition) is 3. The number of aromatic amines is 1. The summed E-state index contributed by atoms with van der Waals surface area (Å²) in [4.78, 5) is 16.6. The van der Waals surface area contributed by atoms with Gasteiger partial charge in [0.25, 0.3) is 0 Å². The highest BCUT2D eigenvalue weighted by atomic mass is 16.5. The predicted octanol–water partition coefficient (Wildman–Crippen LogP) is 4.56. The van der Waals surface area contributed by atoms with Gasteiger partial charge in [0.15, 0.2) is 12.4 Å². The predicted molar refractivity (Wildman–Crippen MR) is 114 cm³/mol. The van der Waals surface area contributed by atoms with E-state index in [4.69, 9.17) is 9.26 Å². The quantitative estimate of drug-likeness (QED) is 0.406. The number of aromatic nitrogens is 4. The number of benzene rings is 2. The molecule has 9 nitrogen and oxygen atoms in total. The largest absolute Gasteiger partial charge is 0.485 e. The molecule has 9 heteroatoms. The van der Waals surface area contributed by atoms with Crippen molar-refractivity contribution < 1.29 is 14.1 Å². The number of H-pyrrole nitrogens is 1. The molecule has 0 spiro atoms. The van der Waals surface area contributed by atoms with Crippen LogP contribution in [-0.4, -0.2) is 26.4 Å². The van der Waals surface area contributed by atoms with Crippen molar-refractivity contribution >= 4 is 17.5 Å². The third kappa shape index (κ3) is 4.72. The van der Waals surface area contributed by atoms with Gasteiger partial charge in [-0.3, -0.25) is 10.4 Å². The molecule has 31 heavy (non-hydrogen) atoms. The molecule has 0 saturated heterocycles. The van der Waals surface area contributed by atoms with Crippen molar-refractivity contribution in [1.29, 1.82) is 0 Å². The number of amides is 2. The lowest BCUT2D eigenvalue weighted by atomic mass is 10.2. The van der Waals surface area contributed by atoms with Gasteiger partial charge in [-0.1, -0.05) is 35.5 Å². The van der Waals surface area contributed by atoms with Crippen LogP contribution in [0.4, 0.5) is 16.3 Å². The van der Waals surface area contributed by atoms with E-state index in [-0.39, 0.29) is 12.6 Å². The Bertz CT molecular complexity index is 1170. The summed E-state index contributed by atoms with van der Waals surface area (Å²) in [6, 6.07) is 18.2. The van der Waals surface area contributed by atoms with Gasteiger partial charge in [-0.2, -0.15) is 10.1 Å². The average molecular weight is 416 g/mol. The third-order valence-corrected chi connectivity index (χ3v) is 4.79. The molecule has 5 rings (SSSR count). The first-order chi connectivity index (χ1) is 15.2. The van der Waals surface area contributed by atoms with Crippen LogP contribution in [0, 0.1) is 0 Å². The Morgan fingerprint density at radius 2 is 1.90 bits per heavy atom. The smallest absolute Gasteiger partial charge is 0.324 e. The van der Waals surface area contributed by atoms with Crippen molar-refractivity contribution in [3.8, 4) is 17.0 Å². The maximum absolute atomic E-state index is 12.3. The molecule has 1 saturated carbocycles. The lowest BCUT2D eigenvalue weighted by Gasteiger charge is -2.07. The maximum atomic E-state index is 12.3. The normalized spacial score (nSPS) is 13.0. The number of carbonyl (C=O) groups is 1. The summed E-state index contributed by atoms with van der Waals surface area (Å²) in [5.41, 5.74) is 2.44. The van der Waals surface area contributed by atoms with Crippen molar-refractivity contribution in [3.05, 3.63) is 72.4 Å². The van der Waals surface area contributed by atoms with Gasteiger partial charge in [0.05, 0.1) is 5.69 Å². The first-order valence-electron chi connectivity index (χ1n) is 9.97. The summed E-state index contributed by atoms with van der Waals surface area (Å²) >= 11 is 0. The van der Waals surface area contributed by atoms with E-state index in [1.54, 1.807) is 30.3 Å². The minimum Gasteiger partial charge on any atom is -0.485 e. The van der Waals surface area contributed by atoms with Crippen LogP contribution in [-0.2, 0) is 6.61 Å². The molecule has 2 aromatic carbocycles. The van der Waals surface area contributed by atoms with Crippen LogP contribution in [0.25, 0.3) is 11.3 Å². The second kappa shape index (κ2) is 8.31. The Labute approximate surface area is 177 Å². The van der Waals surface area contributed by atoms with Crippen LogP contribution in [0.2, 0.25) is 0 Å². The van der Waals surface area contributed by atoms with E-state index in [2.05, 4.69) is 31.0 Å². The summed E-state index contributed by atoms with van der Waals surface area (Å²) in [6.07, 6.45) is 2.22. The number of ether oxygens (including phenoxy) is 1. The summed E-state index contributed by atoms with van der Waals surface area (Å²) in [5, 5.41) is 16.4. The molecular formula is C22H20N6O3. The fourth-order valence-corrected chi connectivity index (χ4v) is 3.03. The highest BCUT2D eigenvalue weighted by Gasteiger charge is 2.29. The molecule has 2 aromatic heterocycles. The van der Waals surface area contributed by atoms with Crippen molar-refractivity contribution in [3.63, 3.8) is 0 Å². The fourth-order valence-electron chi connectivity index (χ4n) is 3.03. The highest BCUT2D eigenvalue weighted by molar-refractivity contribution is 5.99. The number of nitrogens with one attached hydrogen (secondary N) is 3. The molecular weight excluding hydrogens is 396 g/mol. The van der Waals surface area contributed by atoms with E-state index in [0.29, 0.717) is 34.9 Å². The first kappa shape index (κ1) is 18.9. The van der Waals surface area contributed by atoms with Crippen molar-refractivity contribution in [2.75, 3.05) is 10.6 Å². The van der Waals surface area contributed by atoms with Crippen molar-refractivity contribution in [1.82, 2.24) is 20.3 Å². The van der Waals surface area contributed by atoms with Crippen LogP contribution < -0.4 is 15.4 Å². The van der Waals surface area contributed by atoms with E-state index in [0.717, 1.165) is 24.1 Å². The molecule has 0 bridgehead atoms. The van der Waals surface area contributed by atoms with Gasteiger partial charge in [0.2, 0.25) is 11.7 Å². The van der Waals surface area contributed by atoms with Crippen LogP contribution >= 0.6 is 0 Å². The number of nitrogens with zero attached hydrogens (tertiary/aromatic N) is 3. The van der Waals surface area contributed by atoms with Gasteiger partial charge in [-0.05, 0) is 42.7 Å². The summed E-state index contributed by atoms with van der Waals surface area (Å²) in [7, 11) is 0. The van der Waals surface area contributed by atoms with E-state index < -0.39 is 0 Å². The Morgan fingerprint density at radius 3 is 2.68 bits per heavy atom. The lowest BCUT2D eigenvalue weighted by molar-refractivity contribution is 0.262. The van der Waals surface area contributed by atoms with E-state index in [1.807, 2.05) is 30.3 Å². The second-order valence-electron chi connectivity index (χ2n) is 7.25. The first-order valence-corrected chi connectivity index (χ1v) is 9.97. The molecule has 1 aliphatic rings. The summed E-state index contributed by atoms with van der Waals surface area (Å²) in [5.74, 6) is 2.71. The Kier molecular flexibility index (Phi) is 5.05. The molecule has 2 amide bonds. The van der Waals surface area contributed by atoms with Crippen LogP contribution in [0.15, 0.2) is 65.2 Å². The second-order valence-corrected chi connectivity index (χ2v) is 7.25. The number of carbonyl (C=O) groups excluding carboxylic acids is 1. The lowest BCUT2D eigenvalue weighted by Crippen LogP contribution is -2.19. The topological polar surface area (TPSA) is 118 Å². The van der Waals surface area contributed by atoms with E-state index in [9.17, 15) is 4.79 Å². The fraction of sp³-hybridized carbons (Fsp3) is 0.182. The molecule has 1 aliphatic carbocycles. The number of anilines is 2. The zero-order valence-electron chi connectivity index (χ0n) is 16.5. The van der Waals surface area contributed by atoms with Gasteiger partial charge < -0.3 is 14.6 Å². The van der Waals surface area contributed by atoms with Gasteiger partial charge >= 0.3 is 6.03 Å². The monoisotopic (exact) mass is 416 g/mol. The molecule has 0 atom stereocenters. The van der Waals surface area contributed by atoms with Crippen LogP contribution in [0.5, 0.6) is 5.75 Å². The number of rotatable bonds is 7. The average Bonchev–Trinajstić information content (AvgIpc) is 3.35. The third-order valence-electron chi connectivity index (χ3n) is 4.79. The molecule has 1 fully saturated rings. The number of urea groups is 1. The zero-order valence-corrected chi connectivity index (χ0v) is 16.5. The van der Waals surface area contributed by atoms with E-state index in [1.165, 1.54) is 0 Å². The SMILES string of the molecule is O=C(Nc1ccc(OCc2noc(C3CC3)n2)cc1)Nc1cc(-c2ccccc2)[nH]n1. The standard InChI is InChI=1S/C22H20N6O3/c29-22(25-19-12-18(26-27-19)14-4-2-1-3-5-14)23-16-8-10-17(11-9-16)30-13-20-24-21(31-28-20)15-6-7-15/h1-5,8-12,15H,6-7,13H2,(H3,23,25,26,27,29). The van der Waals surface area contributed by atoms with Crippen LogP contribution in [0.3, 0.4) is 0 Å². The molecule has 0 radical (unpaired) electrons. The van der Waals surface area contributed by atoms with Gasteiger partial charge in [0.1, 0.15) is 5.75 Å². The molecule has 4 aromatic rings. The molecule has 0 unspecified atom stereocenters. The number of hydrogen-bond acceptors (Lipinski definition) is 6. The Morgan fingerprint density at radius 1 is 1.10 bits per heavy atom. The van der Waals surface area contributed by atoms with E-state index >= 15 is 0 Å². The Hall–Kier alpha value is -4.14. The van der Waals surface area contributed by atoms with Crippen molar-refractivity contribution in [2.45, 2.75) is 25.4 Å². The maximum Gasteiger partial charge on any atom is 0.324 e. The molecule has 156 valence electrons. The minimum absolute atomic E-state index is 0.229. The van der Waals surface area contributed by atoms with Crippen LogP contribution in [0.1, 0.15) is 30.5 Å². The van der Waals surface area contributed by atoms with Gasteiger partial charge in [0, 0.05) is 17.7 Å². The zero-order chi connectivity index (χ0) is 21.0. The van der Waals surface area contributed by atoms with Gasteiger partial charge in [-0.15, -0.1) is 0 Å². The molecule has 0 aliphatic heterocycles. The molecule has 2 heterocycles. The summed E-state index contributed by atoms with van der Waals surface area (Å²) in [6.45, 7) is 0.229. The minimum atomic E-state index is -0.390. The highest BCUT2D eigenvalue weighted by Crippen LogP contribution is 2.38. The van der Waals surface area contributed by atoms with Gasteiger partial charge in [-0.25, -0.2) is 4.79 Å². The van der Waals surface area contributed by atoms with Crippen molar-refractivity contribution in [2.24, 2.45) is 0 Å². The molecule has 3 N–H and O–H groups in total. The summed E-state index contributed by atoms with van der Waals surface area (Å²) < 4.78 is 10.9. The Balaban J connectivity index is 1.12.